The van der Waals surface area contributed by atoms with Gasteiger partial charge in [-0.1, -0.05) is 5.16 Å². The summed E-state index contributed by atoms with van der Waals surface area (Å²) in [7, 11) is 0. The van der Waals surface area contributed by atoms with Gasteiger partial charge in [0.25, 0.3) is 11.6 Å². The number of nitrogens with zero attached hydrogens (tertiary/aromatic N) is 3. The van der Waals surface area contributed by atoms with E-state index in [4.69, 9.17) is 4.52 Å². The number of benzene rings is 1. The van der Waals surface area contributed by atoms with Crippen LogP contribution in [0.25, 0.3) is 11.3 Å². The van der Waals surface area contributed by atoms with Gasteiger partial charge in [-0.25, -0.2) is 4.98 Å². The predicted molar refractivity (Wildman–Crippen MR) is 83.4 cm³/mol. The van der Waals surface area contributed by atoms with Crippen LogP contribution in [0.15, 0.2) is 40.2 Å². The lowest BCUT2D eigenvalue weighted by Gasteiger charge is -1.98. The maximum atomic E-state index is 12.0. The molecule has 0 aliphatic carbocycles. The molecule has 0 radical (unpaired) electrons. The van der Waals surface area contributed by atoms with Gasteiger partial charge in [-0.15, -0.1) is 11.3 Å². The number of nitro groups is 1. The van der Waals surface area contributed by atoms with Crippen molar-refractivity contribution < 1.29 is 14.2 Å². The average molecular weight is 330 g/mol. The lowest BCUT2D eigenvalue weighted by Crippen LogP contribution is -2.11. The van der Waals surface area contributed by atoms with Gasteiger partial charge in [0.2, 0.25) is 0 Å². The summed E-state index contributed by atoms with van der Waals surface area (Å²) in [5.41, 5.74) is 1.54. The molecule has 0 unspecified atom stereocenters. The van der Waals surface area contributed by atoms with Gasteiger partial charge in [-0.2, -0.15) is 0 Å². The standard InChI is InChI=1S/C14H10N4O4S/c1-8-6-11(17-22-8)13(19)16-14-15-12(7-23-14)9-2-4-10(5-3-9)18(20)21/h2-7H,1H3,(H,15,16,19). The van der Waals surface area contributed by atoms with Gasteiger partial charge < -0.3 is 4.52 Å². The highest BCUT2D eigenvalue weighted by molar-refractivity contribution is 7.14. The minimum Gasteiger partial charge on any atom is -0.361 e. The molecule has 3 rings (SSSR count). The van der Waals surface area contributed by atoms with Gasteiger partial charge >= 0.3 is 0 Å². The zero-order valence-electron chi connectivity index (χ0n) is 11.8. The topological polar surface area (TPSA) is 111 Å². The van der Waals surface area contributed by atoms with Gasteiger partial charge in [0.15, 0.2) is 10.8 Å². The van der Waals surface area contributed by atoms with Crippen molar-refractivity contribution in [2.75, 3.05) is 5.32 Å². The normalized spacial score (nSPS) is 10.5. The van der Waals surface area contributed by atoms with E-state index in [-0.39, 0.29) is 11.4 Å². The molecule has 0 bridgehead atoms. The Morgan fingerprint density at radius 1 is 1.35 bits per heavy atom. The molecule has 1 N–H and O–H groups in total. The monoisotopic (exact) mass is 330 g/mol. The molecule has 3 aromatic rings. The Balaban J connectivity index is 1.75. The number of amides is 1. The first-order valence-corrected chi connectivity index (χ1v) is 7.36. The van der Waals surface area contributed by atoms with E-state index in [0.29, 0.717) is 16.6 Å². The second-order valence-electron chi connectivity index (χ2n) is 4.62. The van der Waals surface area contributed by atoms with Crippen molar-refractivity contribution >= 4 is 28.1 Å². The number of hydrogen-bond acceptors (Lipinski definition) is 7. The summed E-state index contributed by atoms with van der Waals surface area (Å²) in [6.45, 7) is 1.69. The minimum atomic E-state index is -0.462. The van der Waals surface area contributed by atoms with E-state index in [2.05, 4.69) is 15.5 Å². The number of carbonyl (C=O) groups excluding carboxylic acids is 1. The van der Waals surface area contributed by atoms with Crippen LogP contribution in [-0.2, 0) is 0 Å². The quantitative estimate of drug-likeness (QED) is 0.580. The van der Waals surface area contributed by atoms with E-state index in [1.54, 1.807) is 24.4 Å². The van der Waals surface area contributed by atoms with Crippen LogP contribution in [-0.4, -0.2) is 21.0 Å². The first-order valence-electron chi connectivity index (χ1n) is 6.48. The lowest BCUT2D eigenvalue weighted by molar-refractivity contribution is -0.384. The van der Waals surface area contributed by atoms with Crippen molar-refractivity contribution in [2.45, 2.75) is 6.92 Å². The van der Waals surface area contributed by atoms with Crippen LogP contribution in [0.1, 0.15) is 16.2 Å². The molecule has 9 heteroatoms. The summed E-state index contributed by atoms with van der Waals surface area (Å²) < 4.78 is 4.85. The number of hydrogen-bond donors (Lipinski definition) is 1. The van der Waals surface area contributed by atoms with E-state index in [9.17, 15) is 14.9 Å². The Bertz CT molecular complexity index is 869. The largest absolute Gasteiger partial charge is 0.361 e. The summed E-state index contributed by atoms with van der Waals surface area (Å²) in [4.78, 5) is 26.4. The van der Waals surface area contributed by atoms with Crippen LogP contribution in [0.3, 0.4) is 0 Å². The molecular weight excluding hydrogens is 320 g/mol. The van der Waals surface area contributed by atoms with Gasteiger partial charge in [-0.05, 0) is 19.1 Å². The van der Waals surface area contributed by atoms with Crippen LogP contribution in [0.5, 0.6) is 0 Å². The molecule has 1 aromatic carbocycles. The third kappa shape index (κ3) is 3.24. The maximum Gasteiger partial charge on any atom is 0.279 e. The van der Waals surface area contributed by atoms with Gasteiger partial charge in [0.1, 0.15) is 5.76 Å². The zero-order chi connectivity index (χ0) is 16.4. The number of carbonyl (C=O) groups is 1. The number of anilines is 1. The summed E-state index contributed by atoms with van der Waals surface area (Å²) in [5.74, 6) is 0.132. The minimum absolute atomic E-state index is 0.0129. The number of non-ortho nitro benzene ring substituents is 1. The molecular formula is C14H10N4O4S. The van der Waals surface area contributed by atoms with Crippen LogP contribution >= 0.6 is 11.3 Å². The summed E-state index contributed by atoms with van der Waals surface area (Å²) in [6, 6.07) is 7.57. The number of nitrogens with one attached hydrogen (secondary N) is 1. The van der Waals surface area contributed by atoms with E-state index in [0.717, 1.165) is 5.56 Å². The van der Waals surface area contributed by atoms with E-state index in [1.807, 2.05) is 0 Å². The molecule has 0 spiro atoms. The first kappa shape index (κ1) is 14.9. The fraction of sp³-hybridized carbons (Fsp3) is 0.0714. The van der Waals surface area contributed by atoms with E-state index in [1.165, 1.54) is 29.5 Å². The second-order valence-corrected chi connectivity index (χ2v) is 5.48. The Hall–Kier alpha value is -3.07. The maximum absolute atomic E-state index is 12.0. The zero-order valence-corrected chi connectivity index (χ0v) is 12.7. The molecule has 116 valence electrons. The predicted octanol–water partition coefficient (Wildman–Crippen LogP) is 3.27. The average Bonchev–Trinajstić information content (AvgIpc) is 3.16. The summed E-state index contributed by atoms with van der Waals surface area (Å²) >= 11 is 1.25. The van der Waals surface area contributed by atoms with Crippen LogP contribution in [0.4, 0.5) is 10.8 Å². The Labute approximate surface area is 133 Å². The third-order valence-electron chi connectivity index (χ3n) is 2.96. The van der Waals surface area contributed by atoms with Gasteiger partial charge in [0.05, 0.1) is 10.6 Å². The molecule has 2 heterocycles. The number of nitro benzene ring substituents is 1. The number of aromatic nitrogens is 2. The number of rotatable bonds is 4. The highest BCUT2D eigenvalue weighted by Gasteiger charge is 2.14. The van der Waals surface area contributed by atoms with Crippen LogP contribution < -0.4 is 5.32 Å². The molecule has 0 aliphatic rings. The Morgan fingerprint density at radius 3 is 2.70 bits per heavy atom. The summed E-state index contributed by atoms with van der Waals surface area (Å²) in [5, 5.41) is 19.1. The lowest BCUT2D eigenvalue weighted by atomic mass is 10.1. The highest BCUT2D eigenvalue weighted by atomic mass is 32.1. The van der Waals surface area contributed by atoms with Crippen molar-refractivity contribution in [3.8, 4) is 11.3 Å². The van der Waals surface area contributed by atoms with Crippen molar-refractivity contribution in [3.63, 3.8) is 0 Å². The molecule has 0 atom stereocenters. The van der Waals surface area contributed by atoms with E-state index < -0.39 is 10.8 Å². The van der Waals surface area contributed by atoms with Crippen molar-refractivity contribution in [1.82, 2.24) is 10.1 Å². The van der Waals surface area contributed by atoms with Gasteiger partial charge in [-0.3, -0.25) is 20.2 Å². The number of thiazole rings is 1. The molecule has 0 saturated carbocycles. The Kier molecular flexibility index (Phi) is 3.85. The molecule has 23 heavy (non-hydrogen) atoms. The fourth-order valence-electron chi connectivity index (χ4n) is 1.85. The first-order chi connectivity index (χ1) is 11.0. The van der Waals surface area contributed by atoms with Crippen molar-refractivity contribution in [1.29, 1.82) is 0 Å². The fourth-order valence-corrected chi connectivity index (χ4v) is 2.57. The number of aryl methyl sites for hydroxylation is 1. The summed E-state index contributed by atoms with van der Waals surface area (Å²) in [6.07, 6.45) is 0. The molecule has 0 aliphatic heterocycles. The second kappa shape index (κ2) is 5.97. The molecule has 2 aromatic heterocycles. The molecule has 0 fully saturated rings. The smallest absolute Gasteiger partial charge is 0.279 e. The third-order valence-corrected chi connectivity index (χ3v) is 3.72. The van der Waals surface area contributed by atoms with E-state index >= 15 is 0 Å². The van der Waals surface area contributed by atoms with Crippen molar-refractivity contribution in [2.24, 2.45) is 0 Å². The Morgan fingerprint density at radius 2 is 2.09 bits per heavy atom. The SMILES string of the molecule is Cc1cc(C(=O)Nc2nc(-c3ccc([N+](=O)[O-])cc3)cs2)no1. The van der Waals surface area contributed by atoms with Crippen LogP contribution in [0.2, 0.25) is 0 Å². The van der Waals surface area contributed by atoms with Gasteiger partial charge in [0, 0.05) is 29.1 Å². The van der Waals surface area contributed by atoms with Crippen molar-refractivity contribution in [3.05, 3.63) is 57.3 Å². The molecule has 8 nitrogen and oxygen atoms in total. The molecule has 1 amide bonds. The molecule has 0 saturated heterocycles. The van der Waals surface area contributed by atoms with Crippen LogP contribution in [0, 0.1) is 17.0 Å². The highest BCUT2D eigenvalue weighted by Crippen LogP contribution is 2.26.